The minimum atomic E-state index is -4.55. The molecule has 1 fully saturated rings. The normalized spacial score (nSPS) is 19.8. The lowest BCUT2D eigenvalue weighted by atomic mass is 10.1. The number of nitrogens with one attached hydrogen (secondary N) is 1. The van der Waals surface area contributed by atoms with Gasteiger partial charge >= 0.3 is 6.18 Å². The molecule has 1 aliphatic rings. The molecule has 1 aliphatic carbocycles. The lowest BCUT2D eigenvalue weighted by Gasteiger charge is -2.45. The number of aliphatic hydroxyl groups is 1. The minimum absolute atomic E-state index is 0.0223. The van der Waals surface area contributed by atoms with Gasteiger partial charge in [0.2, 0.25) is 19.9 Å². The first-order valence-electron chi connectivity index (χ1n) is 14.4. The number of aliphatic hydroxyl groups excluding tert-OH is 1. The molecule has 0 saturated heterocycles. The van der Waals surface area contributed by atoms with Gasteiger partial charge in [-0.15, -0.1) is 11.3 Å². The molecule has 12 heteroatoms. The third-order valence-electron chi connectivity index (χ3n) is 8.42. The van der Waals surface area contributed by atoms with E-state index < -0.39 is 20.3 Å². The highest BCUT2D eigenvalue weighted by Gasteiger charge is 2.49. The zero-order valence-electron chi connectivity index (χ0n) is 24.9. The zero-order valence-corrected chi connectivity index (χ0v) is 26.7. The predicted molar refractivity (Wildman–Crippen MR) is 159 cm³/mol. The topological polar surface area (TPSA) is 97.5 Å². The Morgan fingerprint density at radius 1 is 1.17 bits per heavy atom. The Morgan fingerprint density at radius 2 is 1.86 bits per heavy atom. The average Bonchev–Trinajstić information content (AvgIpc) is 3.67. The molecule has 7 nitrogen and oxygen atoms in total. The molecule has 3 aromatic heterocycles. The SMILES string of the molecule is CC(C)[Si](O[C@H]1C[C@H](Nc2ncncc2C(=O)c2cc(Cc3ccc(C(F)(F)F)o3)cs2)C[C@@H]1CO)(C(C)C)C(C)C. The summed E-state index contributed by atoms with van der Waals surface area (Å²) in [6.07, 6.45) is -0.271. The number of furan rings is 1. The molecule has 1 saturated carbocycles. The quantitative estimate of drug-likeness (QED) is 0.158. The number of hydrogen-bond acceptors (Lipinski definition) is 8. The summed E-state index contributed by atoms with van der Waals surface area (Å²) in [5.74, 6) is -0.769. The summed E-state index contributed by atoms with van der Waals surface area (Å²) in [5.41, 5.74) is 2.25. The summed E-state index contributed by atoms with van der Waals surface area (Å²) >= 11 is 1.21. The van der Waals surface area contributed by atoms with E-state index in [1.54, 1.807) is 11.4 Å². The fourth-order valence-corrected chi connectivity index (χ4v) is 13.1. The maximum absolute atomic E-state index is 13.5. The summed E-state index contributed by atoms with van der Waals surface area (Å²) in [6, 6.07) is 3.81. The van der Waals surface area contributed by atoms with Crippen molar-refractivity contribution in [2.24, 2.45) is 5.92 Å². The van der Waals surface area contributed by atoms with Crippen LogP contribution in [0.3, 0.4) is 0 Å². The van der Waals surface area contributed by atoms with Crippen molar-refractivity contribution in [3.05, 3.63) is 63.6 Å². The van der Waals surface area contributed by atoms with Gasteiger partial charge in [0.1, 0.15) is 17.9 Å². The molecule has 3 aromatic rings. The molecule has 2 N–H and O–H groups in total. The number of carbonyl (C=O) groups excluding carboxylic acids is 1. The summed E-state index contributed by atoms with van der Waals surface area (Å²) < 4.78 is 50.6. The predicted octanol–water partition coefficient (Wildman–Crippen LogP) is 7.72. The number of halogens is 3. The van der Waals surface area contributed by atoms with Gasteiger partial charge in [0, 0.05) is 31.2 Å². The molecule has 0 unspecified atom stereocenters. The maximum atomic E-state index is 13.5. The van der Waals surface area contributed by atoms with Crippen molar-refractivity contribution in [2.75, 3.05) is 11.9 Å². The number of aromatic nitrogens is 2. The Balaban J connectivity index is 1.48. The van der Waals surface area contributed by atoms with E-state index in [1.807, 2.05) is 0 Å². The minimum Gasteiger partial charge on any atom is -0.456 e. The number of hydrogen-bond donors (Lipinski definition) is 2. The van der Waals surface area contributed by atoms with Gasteiger partial charge < -0.3 is 19.3 Å². The van der Waals surface area contributed by atoms with Crippen molar-refractivity contribution in [1.29, 1.82) is 0 Å². The van der Waals surface area contributed by atoms with E-state index in [2.05, 4.69) is 56.8 Å². The van der Waals surface area contributed by atoms with Crippen LogP contribution < -0.4 is 5.32 Å². The van der Waals surface area contributed by atoms with Crippen molar-refractivity contribution in [1.82, 2.24) is 9.97 Å². The monoisotopic (exact) mass is 623 g/mol. The molecule has 0 spiro atoms. The molecular formula is C30H40F3N3O4SSi. The molecule has 4 rings (SSSR count). The molecule has 230 valence electrons. The van der Waals surface area contributed by atoms with Gasteiger partial charge in [-0.1, -0.05) is 41.5 Å². The highest BCUT2D eigenvalue weighted by atomic mass is 32.1. The molecule has 3 atom stereocenters. The van der Waals surface area contributed by atoms with E-state index in [0.717, 1.165) is 6.07 Å². The van der Waals surface area contributed by atoms with Crippen LogP contribution in [0.4, 0.5) is 19.0 Å². The third-order valence-corrected chi connectivity index (χ3v) is 15.5. The Morgan fingerprint density at radius 3 is 2.45 bits per heavy atom. The Bertz CT molecular complexity index is 1340. The van der Waals surface area contributed by atoms with Gasteiger partial charge in [0.05, 0.1) is 16.5 Å². The Labute approximate surface area is 250 Å². The summed E-state index contributed by atoms with van der Waals surface area (Å²) in [5, 5.41) is 15.4. The second-order valence-electron chi connectivity index (χ2n) is 12.1. The first kappa shape index (κ1) is 32.4. The molecular weight excluding hydrogens is 583 g/mol. The van der Waals surface area contributed by atoms with Crippen LogP contribution in [0.1, 0.15) is 86.7 Å². The second-order valence-corrected chi connectivity index (χ2v) is 18.4. The zero-order chi connectivity index (χ0) is 30.8. The van der Waals surface area contributed by atoms with E-state index in [4.69, 9.17) is 8.84 Å². The van der Waals surface area contributed by atoms with Gasteiger partial charge in [0.25, 0.3) is 0 Å². The molecule has 0 aromatic carbocycles. The lowest BCUT2D eigenvalue weighted by molar-refractivity contribution is -0.153. The van der Waals surface area contributed by atoms with Crippen LogP contribution in [0.5, 0.6) is 0 Å². The smallest absolute Gasteiger partial charge is 0.449 e. The second kappa shape index (κ2) is 13.0. The lowest BCUT2D eigenvalue weighted by Crippen LogP contribution is -2.51. The van der Waals surface area contributed by atoms with Crippen LogP contribution in [0.15, 0.2) is 40.5 Å². The van der Waals surface area contributed by atoms with Crippen molar-refractivity contribution >= 4 is 31.3 Å². The molecule has 0 amide bonds. The number of thiophene rings is 1. The van der Waals surface area contributed by atoms with Crippen molar-refractivity contribution in [2.45, 2.75) is 95.8 Å². The summed E-state index contributed by atoms with van der Waals surface area (Å²) in [6.45, 7) is 13.5. The third kappa shape index (κ3) is 6.82. The van der Waals surface area contributed by atoms with Crippen molar-refractivity contribution in [3.8, 4) is 0 Å². The number of nitrogens with zero attached hydrogens (tertiary/aromatic N) is 2. The van der Waals surface area contributed by atoms with E-state index >= 15 is 0 Å². The Hall–Kier alpha value is -2.54. The first-order chi connectivity index (χ1) is 19.8. The molecule has 3 heterocycles. The largest absolute Gasteiger partial charge is 0.456 e. The Kier molecular flexibility index (Phi) is 10.0. The highest BCUT2D eigenvalue weighted by molar-refractivity contribution is 7.12. The fraction of sp³-hybridized carbons (Fsp3) is 0.567. The fourth-order valence-electron chi connectivity index (χ4n) is 6.56. The van der Waals surface area contributed by atoms with Crippen molar-refractivity contribution in [3.63, 3.8) is 0 Å². The molecule has 42 heavy (non-hydrogen) atoms. The molecule has 0 bridgehead atoms. The molecule has 0 aliphatic heterocycles. The van der Waals surface area contributed by atoms with Gasteiger partial charge in [-0.25, -0.2) is 9.97 Å². The van der Waals surface area contributed by atoms with E-state index in [9.17, 15) is 23.1 Å². The number of carbonyl (C=O) groups is 1. The van der Waals surface area contributed by atoms with Crippen LogP contribution in [0.25, 0.3) is 0 Å². The van der Waals surface area contributed by atoms with Crippen LogP contribution in [-0.4, -0.2) is 47.9 Å². The van der Waals surface area contributed by atoms with Gasteiger partial charge in [-0.05, 0) is 58.6 Å². The van der Waals surface area contributed by atoms with Crippen LogP contribution >= 0.6 is 11.3 Å². The maximum Gasteiger partial charge on any atom is 0.449 e. The highest BCUT2D eigenvalue weighted by Crippen LogP contribution is 2.46. The van der Waals surface area contributed by atoms with Crippen LogP contribution in [-0.2, 0) is 17.0 Å². The van der Waals surface area contributed by atoms with Crippen LogP contribution in [0, 0.1) is 5.92 Å². The standard InChI is InChI=1S/C30H40F3N3O4SSi/c1-17(2)42(18(3)4,19(5)6)40-25-12-22(11-21(25)14-37)36-29-24(13-34-16-35-29)28(38)26-10-20(15-41-26)9-23-7-8-27(39-23)30(31,32)33/h7-8,10,13,15-19,21-22,25,37H,9,11-12,14H2,1-6H3,(H,34,35,36)/t21-,22-,25+/m1/s1. The number of ketones is 1. The van der Waals surface area contributed by atoms with Crippen LogP contribution in [0.2, 0.25) is 16.6 Å². The van der Waals surface area contributed by atoms with E-state index in [1.165, 1.54) is 29.9 Å². The first-order valence-corrected chi connectivity index (χ1v) is 17.4. The summed E-state index contributed by atoms with van der Waals surface area (Å²) in [4.78, 5) is 22.4. The van der Waals surface area contributed by atoms with Gasteiger partial charge in [-0.2, -0.15) is 13.2 Å². The van der Waals surface area contributed by atoms with Gasteiger partial charge in [0.15, 0.2) is 0 Å². The molecule has 0 radical (unpaired) electrons. The van der Waals surface area contributed by atoms with E-state index in [-0.39, 0.29) is 42.6 Å². The van der Waals surface area contributed by atoms with E-state index in [0.29, 0.717) is 51.3 Å². The van der Waals surface area contributed by atoms with Gasteiger partial charge in [-0.3, -0.25) is 4.79 Å². The number of rotatable bonds is 12. The van der Waals surface area contributed by atoms with Crippen molar-refractivity contribution < 1.29 is 31.9 Å². The number of anilines is 1. The summed E-state index contributed by atoms with van der Waals surface area (Å²) in [7, 11) is -2.16. The average molecular weight is 624 g/mol. The number of alkyl halides is 3.